The summed E-state index contributed by atoms with van der Waals surface area (Å²) in [6.45, 7) is 2.32. The third-order valence-electron chi connectivity index (χ3n) is 4.38. The van der Waals surface area contributed by atoms with E-state index in [-0.39, 0.29) is 11.6 Å². The van der Waals surface area contributed by atoms with Crippen molar-refractivity contribution in [2.75, 3.05) is 12.4 Å². The number of nitro groups is 1. The van der Waals surface area contributed by atoms with Crippen molar-refractivity contribution in [3.05, 3.63) is 62.1 Å². The Morgan fingerprint density at radius 3 is 2.70 bits per heavy atom. The SMILES string of the molecule is COCc1cc(C)nc2sc3c(c12)N[C@H](c1ccc([N+](=O)[O-])cc1)NC3=O. The van der Waals surface area contributed by atoms with Gasteiger partial charge in [-0.25, -0.2) is 4.98 Å². The van der Waals surface area contributed by atoms with Gasteiger partial charge in [-0.1, -0.05) is 0 Å². The lowest BCUT2D eigenvalue weighted by Gasteiger charge is -2.26. The van der Waals surface area contributed by atoms with Crippen LogP contribution in [0.25, 0.3) is 10.2 Å². The summed E-state index contributed by atoms with van der Waals surface area (Å²) in [5.74, 6) is -0.198. The molecule has 1 atom stereocenters. The van der Waals surface area contributed by atoms with Crippen molar-refractivity contribution < 1.29 is 14.5 Å². The summed E-state index contributed by atoms with van der Waals surface area (Å²) >= 11 is 1.34. The van der Waals surface area contributed by atoms with E-state index in [9.17, 15) is 14.9 Å². The highest BCUT2D eigenvalue weighted by Crippen LogP contribution is 2.41. The Hall–Kier alpha value is -3.04. The maximum Gasteiger partial charge on any atom is 0.269 e. The number of rotatable bonds is 4. The fourth-order valence-corrected chi connectivity index (χ4v) is 4.34. The van der Waals surface area contributed by atoms with E-state index in [1.165, 1.54) is 23.5 Å². The maximum absolute atomic E-state index is 12.7. The molecule has 2 N–H and O–H groups in total. The van der Waals surface area contributed by atoms with Crippen molar-refractivity contribution >= 4 is 38.8 Å². The highest BCUT2D eigenvalue weighted by atomic mass is 32.1. The van der Waals surface area contributed by atoms with E-state index >= 15 is 0 Å². The van der Waals surface area contributed by atoms with Crippen LogP contribution in [0.4, 0.5) is 11.4 Å². The summed E-state index contributed by atoms with van der Waals surface area (Å²) < 4.78 is 5.31. The number of nitro benzene ring substituents is 1. The molecule has 3 heterocycles. The second-order valence-corrected chi connectivity index (χ2v) is 7.24. The average molecular weight is 384 g/mol. The minimum Gasteiger partial charge on any atom is -0.380 e. The minimum absolute atomic E-state index is 0.00427. The topological polar surface area (TPSA) is 106 Å². The molecular formula is C18H16N4O4S. The molecule has 1 amide bonds. The summed E-state index contributed by atoms with van der Waals surface area (Å²) in [7, 11) is 1.63. The van der Waals surface area contributed by atoms with Gasteiger partial charge in [-0.3, -0.25) is 14.9 Å². The Bertz CT molecular complexity index is 1060. The number of thiophene rings is 1. The molecule has 3 aromatic rings. The highest BCUT2D eigenvalue weighted by Gasteiger charge is 2.30. The molecule has 8 nitrogen and oxygen atoms in total. The third kappa shape index (κ3) is 3.00. The van der Waals surface area contributed by atoms with E-state index in [1.54, 1.807) is 19.2 Å². The summed E-state index contributed by atoms with van der Waals surface area (Å²) in [6.07, 6.45) is -0.486. The van der Waals surface area contributed by atoms with Crippen LogP contribution in [0, 0.1) is 17.0 Å². The smallest absolute Gasteiger partial charge is 0.269 e. The second-order valence-electron chi connectivity index (χ2n) is 6.24. The molecule has 138 valence electrons. The number of nitrogens with zero attached hydrogens (tertiary/aromatic N) is 2. The van der Waals surface area contributed by atoms with Gasteiger partial charge < -0.3 is 15.4 Å². The molecule has 1 aliphatic heterocycles. The number of benzene rings is 1. The first kappa shape index (κ1) is 17.4. The number of carbonyl (C=O) groups is 1. The highest BCUT2D eigenvalue weighted by molar-refractivity contribution is 7.21. The fourth-order valence-electron chi connectivity index (χ4n) is 3.21. The van der Waals surface area contributed by atoms with Crippen molar-refractivity contribution in [2.45, 2.75) is 19.7 Å². The number of ether oxygens (including phenoxy) is 1. The lowest BCUT2D eigenvalue weighted by Crippen LogP contribution is -2.37. The van der Waals surface area contributed by atoms with Crippen LogP contribution in [0.1, 0.15) is 32.7 Å². The van der Waals surface area contributed by atoms with Crippen molar-refractivity contribution in [1.82, 2.24) is 10.3 Å². The van der Waals surface area contributed by atoms with Gasteiger partial charge in [0.05, 0.1) is 17.2 Å². The van der Waals surface area contributed by atoms with Crippen molar-refractivity contribution in [1.29, 1.82) is 0 Å². The molecule has 0 spiro atoms. The molecule has 1 aliphatic rings. The van der Waals surface area contributed by atoms with Gasteiger partial charge in [-0.05, 0) is 36.2 Å². The zero-order chi connectivity index (χ0) is 19.1. The van der Waals surface area contributed by atoms with E-state index < -0.39 is 11.1 Å². The molecular weight excluding hydrogens is 368 g/mol. The number of fused-ring (bicyclic) bond motifs is 3. The molecule has 2 aromatic heterocycles. The Morgan fingerprint density at radius 1 is 1.30 bits per heavy atom. The zero-order valence-electron chi connectivity index (χ0n) is 14.6. The van der Waals surface area contributed by atoms with E-state index in [1.807, 2.05) is 13.0 Å². The van der Waals surface area contributed by atoms with Gasteiger partial charge in [0, 0.05) is 30.3 Å². The van der Waals surface area contributed by atoms with Crippen LogP contribution in [-0.2, 0) is 11.3 Å². The van der Waals surface area contributed by atoms with Crippen LogP contribution in [-0.4, -0.2) is 22.9 Å². The number of non-ortho nitro benzene ring substituents is 1. The van der Waals surface area contributed by atoms with Crippen LogP contribution >= 0.6 is 11.3 Å². The van der Waals surface area contributed by atoms with Gasteiger partial charge in [0.25, 0.3) is 11.6 Å². The van der Waals surface area contributed by atoms with E-state index in [4.69, 9.17) is 4.74 Å². The number of pyridine rings is 1. The first-order valence-electron chi connectivity index (χ1n) is 8.21. The molecule has 0 fully saturated rings. The maximum atomic E-state index is 12.7. The van der Waals surface area contributed by atoms with Crippen LogP contribution in [0.3, 0.4) is 0 Å². The number of methoxy groups -OCH3 is 1. The van der Waals surface area contributed by atoms with Gasteiger partial charge in [0.1, 0.15) is 15.9 Å². The van der Waals surface area contributed by atoms with Gasteiger partial charge >= 0.3 is 0 Å². The predicted octanol–water partition coefficient (Wildman–Crippen LogP) is 3.51. The Kier molecular flexibility index (Phi) is 4.25. The van der Waals surface area contributed by atoms with E-state index in [2.05, 4.69) is 15.6 Å². The largest absolute Gasteiger partial charge is 0.380 e. The van der Waals surface area contributed by atoms with E-state index in [0.717, 1.165) is 32.7 Å². The number of hydrogen-bond acceptors (Lipinski definition) is 7. The number of anilines is 1. The van der Waals surface area contributed by atoms with E-state index in [0.29, 0.717) is 11.5 Å². The molecule has 1 aromatic carbocycles. The predicted molar refractivity (Wildman–Crippen MR) is 102 cm³/mol. The molecule has 0 radical (unpaired) electrons. The van der Waals surface area contributed by atoms with Crippen LogP contribution in [0.2, 0.25) is 0 Å². The molecule has 4 rings (SSSR count). The molecule has 9 heteroatoms. The fraction of sp³-hybridized carbons (Fsp3) is 0.222. The lowest BCUT2D eigenvalue weighted by atomic mass is 10.1. The first-order chi connectivity index (χ1) is 13.0. The first-order valence-corrected chi connectivity index (χ1v) is 9.03. The summed E-state index contributed by atoms with van der Waals surface area (Å²) in [4.78, 5) is 29.0. The van der Waals surface area contributed by atoms with Crippen LogP contribution in [0.15, 0.2) is 30.3 Å². The van der Waals surface area contributed by atoms with Gasteiger partial charge in [0.2, 0.25) is 0 Å². The monoisotopic (exact) mass is 384 g/mol. The van der Waals surface area contributed by atoms with Crippen molar-refractivity contribution in [2.24, 2.45) is 0 Å². The quantitative estimate of drug-likeness (QED) is 0.527. The number of aryl methyl sites for hydroxylation is 1. The molecule has 0 aliphatic carbocycles. The lowest BCUT2D eigenvalue weighted by molar-refractivity contribution is -0.384. The Labute approximate surface area is 158 Å². The zero-order valence-corrected chi connectivity index (χ0v) is 15.4. The van der Waals surface area contributed by atoms with Gasteiger partial charge in [-0.15, -0.1) is 11.3 Å². The van der Waals surface area contributed by atoms with Crippen LogP contribution in [0.5, 0.6) is 0 Å². The number of hydrogen-bond donors (Lipinski definition) is 2. The standard InChI is InChI=1S/C18H16N4O4S/c1-9-7-11(8-26-2)13-14-15(27-18(13)19-9)17(23)21-16(20-14)10-3-5-12(6-4-10)22(24)25/h3-7,16,20H,8H2,1-2H3,(H,21,23)/t16-/m0/s1. The number of carbonyl (C=O) groups excluding carboxylic acids is 1. The minimum atomic E-state index is -0.486. The van der Waals surface area contributed by atoms with Crippen molar-refractivity contribution in [3.63, 3.8) is 0 Å². The normalized spacial score (nSPS) is 15.9. The molecule has 0 saturated heterocycles. The van der Waals surface area contributed by atoms with Gasteiger partial charge in [-0.2, -0.15) is 0 Å². The van der Waals surface area contributed by atoms with Crippen LogP contribution < -0.4 is 10.6 Å². The second kappa shape index (κ2) is 6.60. The third-order valence-corrected chi connectivity index (χ3v) is 5.46. The molecule has 27 heavy (non-hydrogen) atoms. The molecule has 0 saturated carbocycles. The summed E-state index contributed by atoms with van der Waals surface area (Å²) in [5, 5.41) is 18.0. The Balaban J connectivity index is 1.78. The number of nitrogens with one attached hydrogen (secondary N) is 2. The average Bonchev–Trinajstić information content (AvgIpc) is 3.01. The van der Waals surface area contributed by atoms with Crippen molar-refractivity contribution in [3.8, 4) is 0 Å². The Morgan fingerprint density at radius 2 is 2.04 bits per heavy atom. The molecule has 0 bridgehead atoms. The molecule has 0 unspecified atom stereocenters. The summed E-state index contributed by atoms with van der Waals surface area (Å²) in [5.41, 5.74) is 3.28. The number of amides is 1. The number of aromatic nitrogens is 1. The summed E-state index contributed by atoms with van der Waals surface area (Å²) in [6, 6.07) is 8.06. The van der Waals surface area contributed by atoms with Gasteiger partial charge in [0.15, 0.2) is 0 Å².